The van der Waals surface area contributed by atoms with Gasteiger partial charge in [-0.05, 0) is 54.5 Å². The SMILES string of the molecule is CCCn1c(=O)n2cnnc2c2[nH]c(-c3cc(S(=O)(=O)N4CCN(C)CC4)ccc3OCC)c(Br)c21. The number of halogens is 1. The number of piperazine rings is 1. The van der Waals surface area contributed by atoms with E-state index in [0.717, 1.165) is 6.42 Å². The number of ether oxygens (including phenoxy) is 1. The number of sulfonamides is 1. The molecule has 1 saturated heterocycles. The van der Waals surface area contributed by atoms with E-state index in [1.807, 2.05) is 20.9 Å². The molecule has 4 heterocycles. The van der Waals surface area contributed by atoms with Gasteiger partial charge in [-0.1, -0.05) is 6.92 Å². The van der Waals surface area contributed by atoms with Gasteiger partial charge in [0.25, 0.3) is 0 Å². The minimum absolute atomic E-state index is 0.189. The van der Waals surface area contributed by atoms with E-state index in [1.165, 1.54) is 15.0 Å². The highest BCUT2D eigenvalue weighted by Gasteiger charge is 2.29. The zero-order chi connectivity index (χ0) is 25.6. The van der Waals surface area contributed by atoms with Gasteiger partial charge in [0.1, 0.15) is 17.6 Å². The summed E-state index contributed by atoms with van der Waals surface area (Å²) in [4.78, 5) is 18.8. The summed E-state index contributed by atoms with van der Waals surface area (Å²) in [5.74, 6) is 0.531. The van der Waals surface area contributed by atoms with Gasteiger partial charge in [0, 0.05) is 38.3 Å². The second kappa shape index (κ2) is 9.61. The molecular formula is C23H28BrN7O4S. The Morgan fingerprint density at radius 3 is 2.61 bits per heavy atom. The molecule has 1 N–H and O–H groups in total. The Labute approximate surface area is 216 Å². The molecule has 1 aliphatic rings. The number of benzene rings is 1. The molecule has 0 amide bonds. The van der Waals surface area contributed by atoms with Crippen LogP contribution in [0.5, 0.6) is 5.75 Å². The number of nitrogens with one attached hydrogen (secondary N) is 1. The first-order chi connectivity index (χ1) is 17.3. The number of aromatic nitrogens is 5. The number of nitrogens with zero attached hydrogens (tertiary/aromatic N) is 6. The van der Waals surface area contributed by atoms with Crippen LogP contribution in [0, 0.1) is 0 Å². The number of fused-ring (bicyclic) bond motifs is 3. The lowest BCUT2D eigenvalue weighted by molar-refractivity contribution is 0.222. The van der Waals surface area contributed by atoms with Gasteiger partial charge < -0.3 is 14.6 Å². The summed E-state index contributed by atoms with van der Waals surface area (Å²) in [7, 11) is -1.72. The van der Waals surface area contributed by atoms with Crippen molar-refractivity contribution in [3.63, 3.8) is 0 Å². The molecule has 0 radical (unpaired) electrons. The number of aromatic amines is 1. The Morgan fingerprint density at radius 1 is 1.17 bits per heavy atom. The molecule has 192 valence electrons. The molecule has 11 nitrogen and oxygen atoms in total. The number of aryl methyl sites for hydroxylation is 1. The molecule has 3 aromatic heterocycles. The maximum absolute atomic E-state index is 13.5. The molecular weight excluding hydrogens is 550 g/mol. The van der Waals surface area contributed by atoms with Crippen molar-refractivity contribution in [2.24, 2.45) is 0 Å². The second-order valence-corrected chi connectivity index (χ2v) is 11.5. The molecule has 1 aliphatic heterocycles. The highest BCUT2D eigenvalue weighted by molar-refractivity contribution is 9.10. The van der Waals surface area contributed by atoms with E-state index in [4.69, 9.17) is 4.74 Å². The van der Waals surface area contributed by atoms with Crippen LogP contribution in [0.3, 0.4) is 0 Å². The van der Waals surface area contributed by atoms with E-state index in [9.17, 15) is 13.2 Å². The van der Waals surface area contributed by atoms with Crippen LogP contribution in [0.1, 0.15) is 20.3 Å². The molecule has 4 aromatic rings. The lowest BCUT2D eigenvalue weighted by Crippen LogP contribution is -2.47. The molecule has 0 saturated carbocycles. The quantitative estimate of drug-likeness (QED) is 0.358. The zero-order valence-corrected chi connectivity index (χ0v) is 22.8. The van der Waals surface area contributed by atoms with Crippen LogP contribution >= 0.6 is 15.9 Å². The highest BCUT2D eigenvalue weighted by atomic mass is 79.9. The van der Waals surface area contributed by atoms with Crippen molar-refractivity contribution in [1.29, 1.82) is 0 Å². The van der Waals surface area contributed by atoms with Crippen LogP contribution in [-0.4, -0.2) is 81.6 Å². The first-order valence-electron chi connectivity index (χ1n) is 11.9. The molecule has 36 heavy (non-hydrogen) atoms. The van der Waals surface area contributed by atoms with Gasteiger partial charge >= 0.3 is 5.69 Å². The van der Waals surface area contributed by atoms with Crippen molar-refractivity contribution in [3.05, 3.63) is 39.5 Å². The molecule has 0 bridgehead atoms. The van der Waals surface area contributed by atoms with E-state index >= 15 is 0 Å². The van der Waals surface area contributed by atoms with Gasteiger partial charge in [-0.2, -0.15) is 4.31 Å². The molecule has 13 heteroatoms. The Kier molecular flexibility index (Phi) is 6.66. The summed E-state index contributed by atoms with van der Waals surface area (Å²) in [5.41, 5.74) is 2.59. The van der Waals surface area contributed by atoms with Gasteiger partial charge in [0.05, 0.1) is 27.2 Å². The fourth-order valence-electron chi connectivity index (χ4n) is 4.59. The third kappa shape index (κ3) is 4.03. The van der Waals surface area contributed by atoms with Crippen LogP contribution in [0.25, 0.3) is 27.9 Å². The lowest BCUT2D eigenvalue weighted by Gasteiger charge is -2.31. The lowest BCUT2D eigenvalue weighted by atomic mass is 10.1. The summed E-state index contributed by atoms with van der Waals surface area (Å²) >= 11 is 3.69. The summed E-state index contributed by atoms with van der Waals surface area (Å²) in [6, 6.07) is 4.91. The second-order valence-electron chi connectivity index (χ2n) is 8.79. The van der Waals surface area contributed by atoms with Gasteiger partial charge in [0.15, 0.2) is 5.65 Å². The fourth-order valence-corrected chi connectivity index (χ4v) is 6.77. The van der Waals surface area contributed by atoms with Gasteiger partial charge in [-0.25, -0.2) is 17.6 Å². The predicted molar refractivity (Wildman–Crippen MR) is 140 cm³/mol. The van der Waals surface area contributed by atoms with Crippen molar-refractivity contribution in [1.82, 2.24) is 33.4 Å². The number of rotatable bonds is 7. The summed E-state index contributed by atoms with van der Waals surface area (Å²) in [6.45, 7) is 7.00. The van der Waals surface area contributed by atoms with E-state index < -0.39 is 10.0 Å². The molecule has 0 unspecified atom stereocenters. The Hall–Kier alpha value is -2.74. The normalized spacial score (nSPS) is 15.8. The smallest absolute Gasteiger partial charge is 0.335 e. The predicted octanol–water partition coefficient (Wildman–Crippen LogP) is 2.55. The Bertz CT molecular complexity index is 1600. The number of hydrogen-bond donors (Lipinski definition) is 1. The summed E-state index contributed by atoms with van der Waals surface area (Å²) in [6.07, 6.45) is 2.14. The molecule has 1 fully saturated rings. The number of likely N-dealkylation sites (N-methyl/N-ethyl adjacent to an activating group) is 1. The standard InChI is InChI=1S/C23H28BrN7O4S/c1-4-8-30-21-18(24)19(26-20(21)22-27-25-14-31(22)23(30)32)16-13-15(6-7-17(16)35-5-2)36(33,34)29-11-9-28(3)10-12-29/h6-7,13-14,26H,4-5,8-12H2,1-3H3. The Morgan fingerprint density at radius 2 is 1.92 bits per heavy atom. The van der Waals surface area contributed by atoms with E-state index in [2.05, 4.69) is 36.0 Å². The molecule has 5 rings (SSSR count). The van der Waals surface area contributed by atoms with Gasteiger partial charge in [0.2, 0.25) is 10.0 Å². The van der Waals surface area contributed by atoms with E-state index in [0.29, 0.717) is 77.5 Å². The fraction of sp³-hybridized carbons (Fsp3) is 0.435. The van der Waals surface area contributed by atoms with Crippen LogP contribution in [0.15, 0.2) is 38.7 Å². The molecule has 0 atom stereocenters. The minimum atomic E-state index is -3.70. The van der Waals surface area contributed by atoms with Crippen molar-refractivity contribution >= 4 is 42.6 Å². The van der Waals surface area contributed by atoms with Crippen molar-refractivity contribution in [2.45, 2.75) is 31.7 Å². The van der Waals surface area contributed by atoms with Crippen LogP contribution < -0.4 is 10.4 Å². The maximum Gasteiger partial charge on any atom is 0.335 e. The van der Waals surface area contributed by atoms with E-state index in [1.54, 1.807) is 22.8 Å². The number of H-pyrrole nitrogens is 1. The highest BCUT2D eigenvalue weighted by Crippen LogP contribution is 2.41. The van der Waals surface area contributed by atoms with Crippen LogP contribution in [0.4, 0.5) is 0 Å². The zero-order valence-electron chi connectivity index (χ0n) is 20.4. The van der Waals surface area contributed by atoms with Crippen molar-refractivity contribution < 1.29 is 13.2 Å². The average molecular weight is 578 g/mol. The minimum Gasteiger partial charge on any atom is -0.493 e. The van der Waals surface area contributed by atoms with Crippen molar-refractivity contribution in [3.8, 4) is 17.0 Å². The maximum atomic E-state index is 13.5. The van der Waals surface area contributed by atoms with Crippen LogP contribution in [-0.2, 0) is 16.6 Å². The monoisotopic (exact) mass is 577 g/mol. The average Bonchev–Trinajstić information content (AvgIpc) is 3.48. The summed E-state index contributed by atoms with van der Waals surface area (Å²) < 4.78 is 38.1. The summed E-state index contributed by atoms with van der Waals surface area (Å²) in [5, 5.41) is 8.08. The van der Waals surface area contributed by atoms with Crippen LogP contribution in [0.2, 0.25) is 0 Å². The van der Waals surface area contributed by atoms with E-state index in [-0.39, 0.29) is 10.6 Å². The first-order valence-corrected chi connectivity index (χ1v) is 14.1. The topological polar surface area (TPSA) is 118 Å². The van der Waals surface area contributed by atoms with Crippen molar-refractivity contribution in [2.75, 3.05) is 39.8 Å². The molecule has 0 aliphatic carbocycles. The number of hydrogen-bond acceptors (Lipinski definition) is 7. The third-order valence-corrected chi connectivity index (χ3v) is 9.13. The van der Waals surface area contributed by atoms with Gasteiger partial charge in [-0.3, -0.25) is 4.57 Å². The van der Waals surface area contributed by atoms with Gasteiger partial charge in [-0.15, -0.1) is 10.2 Å². The third-order valence-electron chi connectivity index (χ3n) is 6.46. The Balaban J connectivity index is 1.73. The largest absolute Gasteiger partial charge is 0.493 e. The first kappa shape index (κ1) is 24.9. The molecule has 1 aromatic carbocycles. The molecule has 0 spiro atoms.